The van der Waals surface area contributed by atoms with Crippen LogP contribution in [0.4, 0.5) is 0 Å². The van der Waals surface area contributed by atoms with Gasteiger partial charge in [0.2, 0.25) is 5.91 Å². The van der Waals surface area contributed by atoms with Crippen LogP contribution >= 0.6 is 0 Å². The number of rotatable bonds is 5. The molecule has 0 bridgehead atoms. The molecule has 2 aliphatic rings. The number of aliphatic hydroxyl groups is 1. The van der Waals surface area contributed by atoms with E-state index in [0.717, 1.165) is 43.8 Å². The average molecular weight is 348 g/mol. The van der Waals surface area contributed by atoms with Crippen LogP contribution in [0.2, 0.25) is 0 Å². The van der Waals surface area contributed by atoms with Crippen molar-refractivity contribution < 1.29 is 19.4 Å². The summed E-state index contributed by atoms with van der Waals surface area (Å²) in [6, 6.07) is 7.99. The molecule has 0 aliphatic carbocycles. The average Bonchev–Trinajstić information content (AvgIpc) is 2.75. The molecular formula is C19H28N2O4. The highest BCUT2D eigenvalue weighted by molar-refractivity contribution is 5.76. The van der Waals surface area contributed by atoms with Crippen molar-refractivity contribution in [1.29, 1.82) is 0 Å². The molecule has 1 aromatic rings. The quantitative estimate of drug-likeness (QED) is 0.868. The third-order valence-corrected chi connectivity index (χ3v) is 5.16. The van der Waals surface area contributed by atoms with Crippen molar-refractivity contribution in [2.45, 2.75) is 31.4 Å². The summed E-state index contributed by atoms with van der Waals surface area (Å²) in [5.74, 6) is 1.02. The maximum Gasteiger partial charge on any atom is 0.224 e. The number of carbonyl (C=O) groups is 1. The van der Waals surface area contributed by atoms with Crippen LogP contribution in [0.3, 0.4) is 0 Å². The summed E-state index contributed by atoms with van der Waals surface area (Å²) in [6.07, 6.45) is 2.35. The summed E-state index contributed by atoms with van der Waals surface area (Å²) < 4.78 is 11.7. The maximum absolute atomic E-state index is 11.9. The van der Waals surface area contributed by atoms with E-state index in [4.69, 9.17) is 14.6 Å². The topological polar surface area (TPSA) is 62.2 Å². The molecule has 0 atom stereocenters. The van der Waals surface area contributed by atoms with Crippen molar-refractivity contribution in [2.24, 2.45) is 0 Å². The lowest BCUT2D eigenvalue weighted by Crippen LogP contribution is -2.51. The zero-order valence-corrected chi connectivity index (χ0v) is 14.9. The zero-order chi connectivity index (χ0) is 17.7. The van der Waals surface area contributed by atoms with E-state index in [1.54, 1.807) is 0 Å². The van der Waals surface area contributed by atoms with Gasteiger partial charge in [-0.15, -0.1) is 0 Å². The number of amides is 1. The molecule has 2 aliphatic heterocycles. The second-order valence-electron chi connectivity index (χ2n) is 6.99. The van der Waals surface area contributed by atoms with Gasteiger partial charge in [-0.05, 0) is 18.9 Å². The van der Waals surface area contributed by atoms with Crippen LogP contribution in [0.5, 0.6) is 5.75 Å². The van der Waals surface area contributed by atoms with Crippen molar-refractivity contribution in [3.8, 4) is 5.75 Å². The second kappa shape index (κ2) is 8.17. The van der Waals surface area contributed by atoms with Crippen molar-refractivity contribution in [3.63, 3.8) is 0 Å². The van der Waals surface area contributed by atoms with Gasteiger partial charge < -0.3 is 19.5 Å². The normalized spacial score (nSPS) is 21.4. The first kappa shape index (κ1) is 18.2. The van der Waals surface area contributed by atoms with Gasteiger partial charge in [-0.1, -0.05) is 18.2 Å². The van der Waals surface area contributed by atoms with Gasteiger partial charge >= 0.3 is 0 Å². The monoisotopic (exact) mass is 348 g/mol. The Hall–Kier alpha value is -1.63. The molecule has 2 fully saturated rings. The van der Waals surface area contributed by atoms with Crippen LogP contribution in [-0.2, 0) is 16.1 Å². The number of likely N-dealkylation sites (tertiary alicyclic amines) is 1. The lowest BCUT2D eigenvalue weighted by Gasteiger charge is -2.42. The standard InChI is InChI=1S/C19H28N2O4/c1-20-15-19(25-12-6-18(20)23)7-9-21(10-8-19)14-16-4-2-3-5-17(16)24-13-11-22/h2-5,22H,6-15H2,1H3. The van der Waals surface area contributed by atoms with E-state index >= 15 is 0 Å². The number of nitrogens with zero attached hydrogens (tertiary/aromatic N) is 2. The van der Waals surface area contributed by atoms with Gasteiger partial charge in [-0.3, -0.25) is 9.69 Å². The summed E-state index contributed by atoms with van der Waals surface area (Å²) in [7, 11) is 1.87. The molecule has 0 unspecified atom stereocenters. The number of ether oxygens (including phenoxy) is 2. The highest BCUT2D eigenvalue weighted by Crippen LogP contribution is 2.31. The molecule has 1 N–H and O–H groups in total. The smallest absolute Gasteiger partial charge is 0.224 e. The number of benzene rings is 1. The van der Waals surface area contributed by atoms with Gasteiger partial charge in [0.05, 0.1) is 25.2 Å². The first-order chi connectivity index (χ1) is 12.1. The Morgan fingerprint density at radius 1 is 1.28 bits per heavy atom. The van der Waals surface area contributed by atoms with Crippen LogP contribution in [-0.4, -0.2) is 72.9 Å². The minimum absolute atomic E-state index is 0.0180. The molecule has 1 amide bonds. The van der Waals surface area contributed by atoms with E-state index in [9.17, 15) is 4.79 Å². The molecule has 0 radical (unpaired) electrons. The fourth-order valence-electron chi connectivity index (χ4n) is 3.70. The summed E-state index contributed by atoms with van der Waals surface area (Å²) in [6.45, 7) is 4.26. The molecule has 6 heteroatoms. The SMILES string of the molecule is CN1CC2(CCN(Cc3ccccc3OCCO)CC2)OCCC1=O. The number of carbonyl (C=O) groups excluding carboxylic acids is 1. The van der Waals surface area contributed by atoms with Gasteiger partial charge in [0.25, 0.3) is 0 Å². The lowest BCUT2D eigenvalue weighted by atomic mass is 9.90. The number of hydrogen-bond donors (Lipinski definition) is 1. The van der Waals surface area contributed by atoms with E-state index in [2.05, 4.69) is 11.0 Å². The van der Waals surface area contributed by atoms with E-state index in [1.165, 1.54) is 0 Å². The summed E-state index contributed by atoms with van der Waals surface area (Å²) in [5, 5.41) is 8.97. The Kier molecular flexibility index (Phi) is 5.93. The van der Waals surface area contributed by atoms with E-state index < -0.39 is 0 Å². The Bertz CT molecular complexity index is 585. The molecule has 138 valence electrons. The van der Waals surface area contributed by atoms with Gasteiger partial charge in [0.15, 0.2) is 0 Å². The molecule has 0 saturated carbocycles. The third-order valence-electron chi connectivity index (χ3n) is 5.16. The van der Waals surface area contributed by atoms with E-state index in [0.29, 0.717) is 26.2 Å². The Balaban J connectivity index is 1.59. The van der Waals surface area contributed by atoms with Gasteiger partial charge in [-0.25, -0.2) is 0 Å². The highest BCUT2D eigenvalue weighted by Gasteiger charge is 2.39. The number of hydrogen-bond acceptors (Lipinski definition) is 5. The highest BCUT2D eigenvalue weighted by atomic mass is 16.5. The Morgan fingerprint density at radius 3 is 2.80 bits per heavy atom. The summed E-state index contributed by atoms with van der Waals surface area (Å²) in [4.78, 5) is 16.1. The van der Waals surface area contributed by atoms with Gasteiger partial charge in [0, 0.05) is 38.8 Å². The first-order valence-electron chi connectivity index (χ1n) is 9.04. The van der Waals surface area contributed by atoms with Crippen molar-refractivity contribution in [1.82, 2.24) is 9.80 Å². The van der Waals surface area contributed by atoms with E-state index in [-0.39, 0.29) is 18.1 Å². The predicted molar refractivity (Wildman–Crippen MR) is 94.5 cm³/mol. The maximum atomic E-state index is 11.9. The molecule has 6 nitrogen and oxygen atoms in total. The molecular weight excluding hydrogens is 320 g/mol. The second-order valence-corrected chi connectivity index (χ2v) is 6.99. The van der Waals surface area contributed by atoms with Crippen molar-refractivity contribution in [2.75, 3.05) is 46.5 Å². The Labute approximate surface area is 149 Å². The number of aliphatic hydroxyl groups excluding tert-OH is 1. The molecule has 1 aromatic carbocycles. The molecule has 3 rings (SSSR count). The van der Waals surface area contributed by atoms with Crippen molar-refractivity contribution in [3.05, 3.63) is 29.8 Å². The largest absolute Gasteiger partial charge is 0.491 e. The van der Waals surface area contributed by atoms with Crippen molar-refractivity contribution >= 4 is 5.91 Å². The van der Waals surface area contributed by atoms with Crippen LogP contribution < -0.4 is 4.74 Å². The fourth-order valence-corrected chi connectivity index (χ4v) is 3.70. The fraction of sp³-hybridized carbons (Fsp3) is 0.632. The van der Waals surface area contributed by atoms with E-state index in [1.807, 2.05) is 30.1 Å². The lowest BCUT2D eigenvalue weighted by molar-refractivity contribution is -0.130. The van der Waals surface area contributed by atoms with Crippen LogP contribution in [0.25, 0.3) is 0 Å². The summed E-state index contributed by atoms with van der Waals surface area (Å²) >= 11 is 0. The number of para-hydroxylation sites is 1. The van der Waals surface area contributed by atoms with Crippen LogP contribution in [0.15, 0.2) is 24.3 Å². The number of piperidine rings is 1. The molecule has 2 saturated heterocycles. The van der Waals surface area contributed by atoms with Gasteiger partial charge in [0.1, 0.15) is 12.4 Å². The Morgan fingerprint density at radius 2 is 2.04 bits per heavy atom. The summed E-state index contributed by atoms with van der Waals surface area (Å²) in [5.41, 5.74) is 0.950. The van der Waals surface area contributed by atoms with Crippen LogP contribution in [0, 0.1) is 0 Å². The molecule has 2 heterocycles. The van der Waals surface area contributed by atoms with Gasteiger partial charge in [-0.2, -0.15) is 0 Å². The molecule has 25 heavy (non-hydrogen) atoms. The minimum Gasteiger partial charge on any atom is -0.491 e. The van der Waals surface area contributed by atoms with Crippen LogP contribution in [0.1, 0.15) is 24.8 Å². The molecule has 1 spiro atoms. The number of likely N-dealkylation sites (N-methyl/N-ethyl adjacent to an activating group) is 1. The predicted octanol–water partition coefficient (Wildman–Crippen LogP) is 1.27. The zero-order valence-electron chi connectivity index (χ0n) is 14.9. The third kappa shape index (κ3) is 4.51. The first-order valence-corrected chi connectivity index (χ1v) is 9.04. The minimum atomic E-state index is -0.190. The molecule has 0 aromatic heterocycles.